The molecule has 43 heavy (non-hydrogen) atoms. The van der Waals surface area contributed by atoms with Gasteiger partial charge in [-0.2, -0.15) is 0 Å². The topological polar surface area (TPSA) is 120 Å². The Labute approximate surface area is 242 Å². The number of aromatic nitrogens is 3. The number of alkyl halides is 4. The third kappa shape index (κ3) is 5.68. The summed E-state index contributed by atoms with van der Waals surface area (Å²) in [5, 5.41) is 3.12. The Kier molecular flexibility index (Phi) is 7.94. The number of benzene rings is 1. The summed E-state index contributed by atoms with van der Waals surface area (Å²) in [6.45, 7) is 0.208. The molecule has 0 spiro atoms. The summed E-state index contributed by atoms with van der Waals surface area (Å²) < 4.78 is 105. The van der Waals surface area contributed by atoms with Crippen molar-refractivity contribution in [1.29, 1.82) is 0 Å². The first-order valence-corrected chi connectivity index (χ1v) is 14.3. The van der Waals surface area contributed by atoms with Crippen LogP contribution < -0.4 is 14.8 Å². The largest absolute Gasteiger partial charge is 0.489 e. The molecule has 15 heteroatoms. The predicted molar refractivity (Wildman–Crippen MR) is 144 cm³/mol. The minimum absolute atomic E-state index is 0.116. The van der Waals surface area contributed by atoms with Gasteiger partial charge in [-0.05, 0) is 49.4 Å². The minimum atomic E-state index is -4.57. The number of sulfone groups is 1. The molecule has 1 aliphatic heterocycles. The summed E-state index contributed by atoms with van der Waals surface area (Å²) in [7, 11) is -3.31. The van der Waals surface area contributed by atoms with Gasteiger partial charge < -0.3 is 14.8 Å². The molecule has 9 nitrogen and oxygen atoms in total. The highest BCUT2D eigenvalue weighted by Gasteiger charge is 2.39. The summed E-state index contributed by atoms with van der Waals surface area (Å²) >= 11 is 0. The van der Waals surface area contributed by atoms with Crippen LogP contribution in [0.2, 0.25) is 0 Å². The molecule has 0 bridgehead atoms. The van der Waals surface area contributed by atoms with E-state index in [9.17, 15) is 35.2 Å². The predicted octanol–water partition coefficient (Wildman–Crippen LogP) is 5.07. The smallest absolute Gasteiger partial charge is 0.277 e. The fourth-order valence-electron chi connectivity index (χ4n) is 4.35. The maximum atomic E-state index is 14.7. The summed E-state index contributed by atoms with van der Waals surface area (Å²) in [6.07, 6.45) is -2.30. The SMILES string of the molecule is COc1nc([C@@](C)(F)C(F)F)ccc1-c1ccc2cnc(CNC(=O)c3cc(F)c4c(c3)S(=O)(=O)[C@@H](F)CCO4)cc2n1. The van der Waals surface area contributed by atoms with Gasteiger partial charge in [-0.25, -0.2) is 40.3 Å². The molecule has 226 valence electrons. The van der Waals surface area contributed by atoms with Crippen LogP contribution in [0.1, 0.15) is 35.1 Å². The number of rotatable bonds is 7. The van der Waals surface area contributed by atoms with E-state index in [0.29, 0.717) is 27.9 Å². The average Bonchev–Trinajstić information content (AvgIpc) is 3.10. The number of hydrogen-bond donors (Lipinski definition) is 1. The Bertz CT molecular complexity index is 1840. The maximum absolute atomic E-state index is 14.7. The number of halogens is 5. The lowest BCUT2D eigenvalue weighted by molar-refractivity contribution is -0.0288. The van der Waals surface area contributed by atoms with Gasteiger partial charge in [0, 0.05) is 23.6 Å². The van der Waals surface area contributed by atoms with E-state index >= 15 is 0 Å². The monoisotopic (exact) mass is 622 g/mol. The van der Waals surface area contributed by atoms with Crippen molar-refractivity contribution in [3.63, 3.8) is 0 Å². The quantitative estimate of drug-likeness (QED) is 0.284. The number of pyridine rings is 3. The zero-order chi connectivity index (χ0) is 31.1. The van der Waals surface area contributed by atoms with Gasteiger partial charge in [-0.1, -0.05) is 0 Å². The molecule has 0 saturated heterocycles. The number of hydrogen-bond acceptors (Lipinski definition) is 8. The second-order valence-corrected chi connectivity index (χ2v) is 11.8. The van der Waals surface area contributed by atoms with Crippen LogP contribution in [0.25, 0.3) is 22.2 Å². The Balaban J connectivity index is 1.39. The summed E-state index contributed by atoms with van der Waals surface area (Å²) in [6, 6.07) is 8.99. The highest BCUT2D eigenvalue weighted by molar-refractivity contribution is 7.92. The molecule has 5 rings (SSSR count). The lowest BCUT2D eigenvalue weighted by Crippen LogP contribution is -2.26. The Morgan fingerprint density at radius 2 is 1.95 bits per heavy atom. The first kappa shape index (κ1) is 30.1. The normalized spacial score (nSPS) is 17.4. The lowest BCUT2D eigenvalue weighted by atomic mass is 10.0. The summed E-state index contributed by atoms with van der Waals surface area (Å²) in [4.78, 5) is 24.8. The van der Waals surface area contributed by atoms with Crippen molar-refractivity contribution in [3.8, 4) is 22.9 Å². The van der Waals surface area contributed by atoms with Gasteiger partial charge in [-0.15, -0.1) is 0 Å². The van der Waals surface area contributed by atoms with Crippen molar-refractivity contribution in [3.05, 3.63) is 71.4 Å². The van der Waals surface area contributed by atoms with E-state index in [1.807, 2.05) is 0 Å². The number of nitrogens with zero attached hydrogens (tertiary/aromatic N) is 3. The number of ether oxygens (including phenoxy) is 2. The zero-order valence-corrected chi connectivity index (χ0v) is 23.4. The van der Waals surface area contributed by atoms with Crippen LogP contribution in [0.3, 0.4) is 0 Å². The van der Waals surface area contributed by atoms with Crippen LogP contribution >= 0.6 is 0 Å². The number of nitrogens with one attached hydrogen (secondary N) is 1. The van der Waals surface area contributed by atoms with Crippen LogP contribution in [-0.2, 0) is 22.1 Å². The van der Waals surface area contributed by atoms with E-state index in [1.165, 1.54) is 19.4 Å². The van der Waals surface area contributed by atoms with Crippen molar-refractivity contribution in [2.45, 2.75) is 42.4 Å². The first-order valence-electron chi connectivity index (χ1n) is 12.7. The molecule has 1 aliphatic rings. The van der Waals surface area contributed by atoms with Crippen molar-refractivity contribution < 1.29 is 44.6 Å². The molecule has 0 saturated carbocycles. The van der Waals surface area contributed by atoms with Crippen molar-refractivity contribution in [2.24, 2.45) is 0 Å². The van der Waals surface area contributed by atoms with Gasteiger partial charge in [0.25, 0.3) is 12.3 Å². The molecule has 1 N–H and O–H groups in total. The summed E-state index contributed by atoms with van der Waals surface area (Å²) in [5.74, 6) is -2.72. The van der Waals surface area contributed by atoms with Gasteiger partial charge in [0.2, 0.25) is 26.9 Å². The van der Waals surface area contributed by atoms with Gasteiger partial charge in [-0.3, -0.25) is 9.78 Å². The highest BCUT2D eigenvalue weighted by Crippen LogP contribution is 2.37. The first-order chi connectivity index (χ1) is 20.3. The number of amides is 1. The van der Waals surface area contributed by atoms with E-state index in [1.54, 1.807) is 18.2 Å². The van der Waals surface area contributed by atoms with Crippen LogP contribution in [-0.4, -0.2) is 54.9 Å². The maximum Gasteiger partial charge on any atom is 0.277 e. The average molecular weight is 623 g/mol. The molecule has 0 radical (unpaired) electrons. The van der Waals surface area contributed by atoms with Gasteiger partial charge in [0.1, 0.15) is 4.90 Å². The van der Waals surface area contributed by atoms with Crippen molar-refractivity contribution >= 4 is 26.6 Å². The van der Waals surface area contributed by atoms with Crippen LogP contribution in [0.15, 0.2) is 53.6 Å². The number of methoxy groups -OCH3 is 1. The molecule has 4 aromatic rings. The van der Waals surface area contributed by atoms with Gasteiger partial charge in [0.15, 0.2) is 11.6 Å². The van der Waals surface area contributed by atoms with Crippen molar-refractivity contribution in [2.75, 3.05) is 13.7 Å². The van der Waals surface area contributed by atoms with Gasteiger partial charge >= 0.3 is 0 Å². The van der Waals surface area contributed by atoms with Crippen LogP contribution in [0.4, 0.5) is 22.0 Å². The van der Waals surface area contributed by atoms with Crippen LogP contribution in [0, 0.1) is 5.82 Å². The zero-order valence-electron chi connectivity index (χ0n) is 22.6. The third-order valence-corrected chi connectivity index (χ3v) is 8.63. The van der Waals surface area contributed by atoms with E-state index in [4.69, 9.17) is 9.47 Å². The van der Waals surface area contributed by atoms with E-state index in [-0.39, 0.29) is 24.6 Å². The fraction of sp³-hybridized carbons (Fsp3) is 0.286. The van der Waals surface area contributed by atoms with E-state index < -0.39 is 61.9 Å². The molecule has 0 fully saturated rings. The molecule has 1 aromatic carbocycles. The molecule has 4 heterocycles. The third-order valence-electron chi connectivity index (χ3n) is 6.81. The van der Waals surface area contributed by atoms with E-state index in [0.717, 1.165) is 25.1 Å². The summed E-state index contributed by atoms with van der Waals surface area (Å²) in [5.41, 5.74) is -4.78. The molecular formula is C28H23F5N4O5S. The molecule has 1 amide bonds. The van der Waals surface area contributed by atoms with Crippen LogP contribution in [0.5, 0.6) is 11.6 Å². The van der Waals surface area contributed by atoms with Gasteiger partial charge in [0.05, 0.1) is 48.4 Å². The number of carbonyl (C=O) groups excluding carboxylic acids is 1. The second kappa shape index (κ2) is 11.4. The standard InChI is InChI=1S/C28H23F5N4O5S/c1-28(33,27(31)32)22-6-4-17(26(37-22)41-2)19-5-3-14-12-34-16(11-20(14)36-19)13-35-25(38)15-9-18(29)24-21(10-15)43(39,40)23(30)7-8-42-24/h3-6,9-12,23,27H,7-8,13H2,1-2H3,(H,35,38)/t23-,28-/m1/s1. The van der Waals surface area contributed by atoms with E-state index in [2.05, 4.69) is 20.3 Å². The second-order valence-electron chi connectivity index (χ2n) is 9.75. The number of fused-ring (bicyclic) bond motifs is 2. The Morgan fingerprint density at radius 3 is 2.67 bits per heavy atom. The fourth-order valence-corrected chi connectivity index (χ4v) is 5.74. The molecule has 2 atom stereocenters. The molecule has 0 aliphatic carbocycles. The lowest BCUT2D eigenvalue weighted by Gasteiger charge is -2.20. The number of carbonyl (C=O) groups is 1. The highest BCUT2D eigenvalue weighted by atomic mass is 32.2. The Morgan fingerprint density at radius 1 is 1.19 bits per heavy atom. The molecule has 0 unspecified atom stereocenters. The molecular weight excluding hydrogens is 599 g/mol. The minimum Gasteiger partial charge on any atom is -0.489 e. The van der Waals surface area contributed by atoms with Crippen molar-refractivity contribution in [1.82, 2.24) is 20.3 Å². The Hall–Kier alpha value is -4.40. The molecule has 3 aromatic heterocycles.